The summed E-state index contributed by atoms with van der Waals surface area (Å²) in [6, 6.07) is 0. The number of hydrogen-bond acceptors (Lipinski definition) is 1. The Labute approximate surface area is 81.5 Å². The third kappa shape index (κ3) is 3.83. The molecule has 0 amide bonds. The van der Waals surface area contributed by atoms with Crippen LogP contribution in [0.4, 0.5) is 0 Å². The van der Waals surface area contributed by atoms with Crippen LogP contribution in [0, 0.1) is 17.8 Å². The second-order valence-corrected chi connectivity index (χ2v) is 3.95. The third-order valence-electron chi connectivity index (χ3n) is 2.93. The minimum Gasteiger partial charge on any atom is -0.392 e. The molecule has 1 saturated carbocycles. The average Bonchev–Trinajstić information content (AvgIpc) is 2.42. The van der Waals surface area contributed by atoms with Gasteiger partial charge in [0.05, 0.1) is 6.10 Å². The van der Waals surface area contributed by atoms with E-state index < -0.39 is 0 Å². The number of hydrogen-bond donors (Lipinski definition) is 1. The van der Waals surface area contributed by atoms with E-state index in [1.54, 1.807) is 0 Å². The summed E-state index contributed by atoms with van der Waals surface area (Å²) >= 11 is 0. The molecule has 1 heteroatoms. The van der Waals surface area contributed by atoms with Gasteiger partial charge in [-0.15, -0.1) is 11.8 Å². The summed E-state index contributed by atoms with van der Waals surface area (Å²) in [6.07, 6.45) is 8.18. The topological polar surface area (TPSA) is 20.2 Å². The average molecular weight is 180 g/mol. The molecule has 0 heterocycles. The second kappa shape index (κ2) is 6.05. The fraction of sp³-hybridized carbons (Fsp3) is 0.833. The lowest BCUT2D eigenvalue weighted by Crippen LogP contribution is -2.19. The molecule has 1 nitrogen and oxygen atoms in total. The van der Waals surface area contributed by atoms with Gasteiger partial charge in [-0.05, 0) is 25.7 Å². The first-order valence-corrected chi connectivity index (χ1v) is 5.42. The minimum absolute atomic E-state index is 0.175. The van der Waals surface area contributed by atoms with Gasteiger partial charge in [-0.1, -0.05) is 25.7 Å². The molecule has 0 aromatic carbocycles. The van der Waals surface area contributed by atoms with Crippen molar-refractivity contribution in [2.75, 3.05) is 0 Å². The quantitative estimate of drug-likeness (QED) is 0.511. The van der Waals surface area contributed by atoms with Gasteiger partial charge in [-0.25, -0.2) is 0 Å². The zero-order valence-corrected chi connectivity index (χ0v) is 8.55. The highest BCUT2D eigenvalue weighted by atomic mass is 16.3. The smallest absolute Gasteiger partial charge is 0.0677 e. The lowest BCUT2D eigenvalue weighted by atomic mass is 9.92. The molecule has 0 saturated heterocycles. The van der Waals surface area contributed by atoms with E-state index in [2.05, 4.69) is 11.8 Å². The Balaban J connectivity index is 2.33. The van der Waals surface area contributed by atoms with Gasteiger partial charge < -0.3 is 5.11 Å². The highest BCUT2D eigenvalue weighted by molar-refractivity contribution is 4.97. The van der Waals surface area contributed by atoms with Crippen LogP contribution in [-0.4, -0.2) is 11.2 Å². The molecule has 0 spiro atoms. The molecular weight excluding hydrogens is 160 g/mol. The summed E-state index contributed by atoms with van der Waals surface area (Å²) in [6.45, 7) is 1.83. The van der Waals surface area contributed by atoms with E-state index in [0.717, 1.165) is 0 Å². The molecule has 0 bridgehead atoms. The van der Waals surface area contributed by atoms with Gasteiger partial charge >= 0.3 is 0 Å². The van der Waals surface area contributed by atoms with Crippen LogP contribution in [0.3, 0.4) is 0 Å². The Morgan fingerprint density at radius 2 is 1.85 bits per heavy atom. The van der Waals surface area contributed by atoms with Gasteiger partial charge in [0.1, 0.15) is 0 Å². The summed E-state index contributed by atoms with van der Waals surface area (Å²) < 4.78 is 0. The van der Waals surface area contributed by atoms with Crippen molar-refractivity contribution in [2.45, 2.75) is 58.0 Å². The summed E-state index contributed by atoms with van der Waals surface area (Å²) in [7, 11) is 0. The van der Waals surface area contributed by atoms with Crippen LogP contribution >= 0.6 is 0 Å². The monoisotopic (exact) mass is 180 g/mol. The Hall–Kier alpha value is -0.480. The summed E-state index contributed by atoms with van der Waals surface area (Å²) in [5.74, 6) is 6.33. The van der Waals surface area contributed by atoms with Crippen LogP contribution < -0.4 is 0 Å². The van der Waals surface area contributed by atoms with Crippen LogP contribution in [0.2, 0.25) is 0 Å². The molecule has 0 aromatic rings. The lowest BCUT2D eigenvalue weighted by Gasteiger charge is -2.18. The zero-order valence-electron chi connectivity index (χ0n) is 8.55. The SMILES string of the molecule is CC#CCC(O)C1CCCCCC1. The van der Waals surface area contributed by atoms with E-state index in [4.69, 9.17) is 0 Å². The van der Waals surface area contributed by atoms with E-state index in [9.17, 15) is 5.11 Å². The van der Waals surface area contributed by atoms with E-state index in [0.29, 0.717) is 12.3 Å². The highest BCUT2D eigenvalue weighted by Gasteiger charge is 2.19. The molecule has 1 aliphatic carbocycles. The van der Waals surface area contributed by atoms with Crippen molar-refractivity contribution >= 4 is 0 Å². The molecule has 1 unspecified atom stereocenters. The fourth-order valence-electron chi connectivity index (χ4n) is 2.07. The third-order valence-corrected chi connectivity index (χ3v) is 2.93. The van der Waals surface area contributed by atoms with Crippen molar-refractivity contribution in [1.29, 1.82) is 0 Å². The predicted octanol–water partition coefficient (Wildman–Crippen LogP) is 2.73. The largest absolute Gasteiger partial charge is 0.392 e. The molecule has 0 radical (unpaired) electrons. The van der Waals surface area contributed by atoms with E-state index in [-0.39, 0.29) is 6.10 Å². The summed E-state index contributed by atoms with van der Waals surface area (Å²) in [4.78, 5) is 0. The van der Waals surface area contributed by atoms with Gasteiger partial charge in [-0.2, -0.15) is 0 Å². The molecular formula is C12H20O. The van der Waals surface area contributed by atoms with Crippen molar-refractivity contribution < 1.29 is 5.11 Å². The van der Waals surface area contributed by atoms with E-state index >= 15 is 0 Å². The molecule has 1 atom stereocenters. The first kappa shape index (κ1) is 10.6. The van der Waals surface area contributed by atoms with Crippen molar-refractivity contribution in [3.8, 4) is 11.8 Å². The normalized spacial score (nSPS) is 21.4. The van der Waals surface area contributed by atoms with Crippen LogP contribution in [0.5, 0.6) is 0 Å². The molecule has 13 heavy (non-hydrogen) atoms. The van der Waals surface area contributed by atoms with Crippen LogP contribution in [0.15, 0.2) is 0 Å². The maximum Gasteiger partial charge on any atom is 0.0677 e. The number of aliphatic hydroxyl groups is 1. The molecule has 74 valence electrons. The first-order chi connectivity index (χ1) is 6.34. The van der Waals surface area contributed by atoms with Gasteiger partial charge in [0, 0.05) is 6.42 Å². The van der Waals surface area contributed by atoms with E-state index in [1.807, 2.05) is 6.92 Å². The molecule has 1 N–H and O–H groups in total. The lowest BCUT2D eigenvalue weighted by molar-refractivity contribution is 0.103. The van der Waals surface area contributed by atoms with Crippen molar-refractivity contribution in [3.63, 3.8) is 0 Å². The fourth-order valence-corrected chi connectivity index (χ4v) is 2.07. The molecule has 0 aliphatic heterocycles. The van der Waals surface area contributed by atoms with Gasteiger partial charge in [0.2, 0.25) is 0 Å². The van der Waals surface area contributed by atoms with Gasteiger partial charge in [0.25, 0.3) is 0 Å². The zero-order chi connectivity index (χ0) is 9.52. The van der Waals surface area contributed by atoms with Gasteiger partial charge in [-0.3, -0.25) is 0 Å². The number of aliphatic hydroxyl groups excluding tert-OH is 1. The van der Waals surface area contributed by atoms with Crippen molar-refractivity contribution in [3.05, 3.63) is 0 Å². The van der Waals surface area contributed by atoms with Crippen molar-refractivity contribution in [2.24, 2.45) is 5.92 Å². The van der Waals surface area contributed by atoms with Crippen molar-refractivity contribution in [1.82, 2.24) is 0 Å². The molecule has 1 rings (SSSR count). The first-order valence-electron chi connectivity index (χ1n) is 5.42. The molecule has 1 aliphatic rings. The minimum atomic E-state index is -0.175. The summed E-state index contributed by atoms with van der Waals surface area (Å²) in [5, 5.41) is 9.83. The van der Waals surface area contributed by atoms with Crippen LogP contribution in [-0.2, 0) is 0 Å². The maximum absolute atomic E-state index is 9.83. The maximum atomic E-state index is 9.83. The standard InChI is InChI=1S/C12H20O/c1-2-3-10-12(13)11-8-6-4-5-7-9-11/h11-13H,4-10H2,1H3. The molecule has 0 aromatic heterocycles. The van der Waals surface area contributed by atoms with E-state index in [1.165, 1.54) is 38.5 Å². The van der Waals surface area contributed by atoms with Gasteiger partial charge in [0.15, 0.2) is 0 Å². The Morgan fingerprint density at radius 1 is 1.23 bits per heavy atom. The Morgan fingerprint density at radius 3 is 2.38 bits per heavy atom. The highest BCUT2D eigenvalue weighted by Crippen LogP contribution is 2.26. The predicted molar refractivity (Wildman–Crippen MR) is 55.3 cm³/mol. The van der Waals surface area contributed by atoms with Crippen LogP contribution in [0.1, 0.15) is 51.9 Å². The molecule has 1 fully saturated rings. The number of rotatable bonds is 2. The Bertz CT molecular complexity index is 179. The Kier molecular flexibility index (Phi) is 4.93. The van der Waals surface area contributed by atoms with Crippen LogP contribution in [0.25, 0.3) is 0 Å². The second-order valence-electron chi connectivity index (χ2n) is 3.95. The summed E-state index contributed by atoms with van der Waals surface area (Å²) in [5.41, 5.74) is 0.